The zero-order valence-electron chi connectivity index (χ0n) is 14.5. The topological polar surface area (TPSA) is 94.2 Å². The van der Waals surface area contributed by atoms with E-state index >= 15 is 0 Å². The number of carbonyl (C=O) groups is 2. The molecule has 2 N–H and O–H groups in total. The number of anilines is 1. The van der Waals surface area contributed by atoms with Crippen molar-refractivity contribution in [2.24, 2.45) is 0 Å². The van der Waals surface area contributed by atoms with Gasteiger partial charge in [0.2, 0.25) is 0 Å². The first kappa shape index (κ1) is 19.9. The SMILES string of the molecule is COc1cc[nH]c1/C=C1\C(=O)Nc2cccc(C#CCCC(=O)[O-])c21.[Na+]. The Bertz CT molecular complexity index is 935. The number of methoxy groups -OCH3 is 1. The predicted octanol–water partition coefficient (Wildman–Crippen LogP) is -1.60. The second-order valence-corrected chi connectivity index (χ2v) is 5.37. The molecule has 7 heteroatoms. The summed E-state index contributed by atoms with van der Waals surface area (Å²) in [7, 11) is 1.56. The van der Waals surface area contributed by atoms with Crippen molar-refractivity contribution in [3.05, 3.63) is 47.3 Å². The number of carboxylic acids is 1. The number of aliphatic carboxylic acids is 1. The number of nitrogens with one attached hydrogen (secondary N) is 2. The number of H-pyrrole nitrogens is 1. The Morgan fingerprint density at radius 3 is 2.88 bits per heavy atom. The van der Waals surface area contributed by atoms with Crippen LogP contribution in [0.5, 0.6) is 5.75 Å². The maximum absolute atomic E-state index is 12.4. The monoisotopic (exact) mass is 358 g/mol. The van der Waals surface area contributed by atoms with E-state index in [1.54, 1.807) is 43.6 Å². The molecule has 2 heterocycles. The fourth-order valence-electron chi connectivity index (χ4n) is 2.62. The average Bonchev–Trinajstić information content (AvgIpc) is 3.16. The quantitative estimate of drug-likeness (QED) is 0.391. The van der Waals surface area contributed by atoms with Gasteiger partial charge in [0.1, 0.15) is 5.75 Å². The molecule has 6 nitrogen and oxygen atoms in total. The first-order chi connectivity index (χ1) is 12.1. The molecule has 3 rings (SSSR count). The van der Waals surface area contributed by atoms with Crippen LogP contribution in [0.4, 0.5) is 5.69 Å². The molecule has 1 aromatic carbocycles. The molecule has 1 aliphatic heterocycles. The Labute approximate surface area is 172 Å². The number of aromatic nitrogens is 1. The van der Waals surface area contributed by atoms with Gasteiger partial charge in [0.15, 0.2) is 0 Å². The van der Waals surface area contributed by atoms with E-state index in [2.05, 4.69) is 22.1 Å². The summed E-state index contributed by atoms with van der Waals surface area (Å²) in [5.41, 5.74) is 3.19. The summed E-state index contributed by atoms with van der Waals surface area (Å²) in [6, 6.07) is 7.16. The number of carbonyl (C=O) groups excluding carboxylic acids is 2. The first-order valence-electron chi connectivity index (χ1n) is 7.66. The van der Waals surface area contributed by atoms with Crippen molar-refractivity contribution >= 4 is 29.2 Å². The number of ether oxygens (including phenoxy) is 1. The summed E-state index contributed by atoms with van der Waals surface area (Å²) in [5, 5.41) is 13.3. The van der Waals surface area contributed by atoms with Crippen molar-refractivity contribution in [2.45, 2.75) is 12.8 Å². The van der Waals surface area contributed by atoms with E-state index in [0.717, 1.165) is 0 Å². The number of aromatic amines is 1. The van der Waals surface area contributed by atoms with Crippen LogP contribution in [0.3, 0.4) is 0 Å². The first-order valence-corrected chi connectivity index (χ1v) is 7.66. The summed E-state index contributed by atoms with van der Waals surface area (Å²) in [5.74, 6) is 5.02. The van der Waals surface area contributed by atoms with E-state index < -0.39 is 5.97 Å². The zero-order valence-corrected chi connectivity index (χ0v) is 16.5. The molecule has 26 heavy (non-hydrogen) atoms. The molecule has 0 unspecified atom stereocenters. The number of rotatable bonds is 4. The largest absolute Gasteiger partial charge is 1.00 e. The smallest absolute Gasteiger partial charge is 0.550 e. The van der Waals surface area contributed by atoms with E-state index in [-0.39, 0.29) is 48.3 Å². The zero-order chi connectivity index (χ0) is 17.8. The van der Waals surface area contributed by atoms with Crippen LogP contribution >= 0.6 is 0 Å². The average molecular weight is 358 g/mol. The summed E-state index contributed by atoms with van der Waals surface area (Å²) in [4.78, 5) is 25.9. The van der Waals surface area contributed by atoms with Crippen LogP contribution < -0.4 is 44.7 Å². The third kappa shape index (κ3) is 4.20. The van der Waals surface area contributed by atoms with Gasteiger partial charge in [-0.25, -0.2) is 0 Å². The molecule has 0 aliphatic carbocycles. The van der Waals surface area contributed by atoms with Crippen molar-refractivity contribution in [1.82, 2.24) is 4.98 Å². The van der Waals surface area contributed by atoms with E-state index in [1.165, 1.54) is 0 Å². The molecule has 0 radical (unpaired) electrons. The standard InChI is InChI=1S/C19H16N2O4.Na/c1-25-16-9-10-20-15(16)11-13-18-12(5-2-3-8-17(22)23)6-4-7-14(18)21-19(13)24;/h4,6-7,9-11,20H,3,8H2,1H3,(H,21,24)(H,22,23);/q;+1/p-1/b13-11-;. The van der Waals surface area contributed by atoms with Gasteiger partial charge in [0.05, 0.1) is 24.1 Å². The van der Waals surface area contributed by atoms with Crippen LogP contribution in [0.1, 0.15) is 29.7 Å². The van der Waals surface area contributed by atoms with Crippen LogP contribution in [-0.2, 0) is 9.59 Å². The number of hydrogen-bond donors (Lipinski definition) is 2. The number of amides is 1. The summed E-state index contributed by atoms with van der Waals surface area (Å²) in [6.45, 7) is 0. The van der Waals surface area contributed by atoms with Gasteiger partial charge in [-0.05, 0) is 30.7 Å². The molecule has 0 fully saturated rings. The summed E-state index contributed by atoms with van der Waals surface area (Å²) < 4.78 is 5.25. The molecular formula is C19H15N2NaO4. The number of benzene rings is 1. The minimum atomic E-state index is -1.14. The fraction of sp³-hybridized carbons (Fsp3) is 0.158. The van der Waals surface area contributed by atoms with Crippen molar-refractivity contribution in [3.63, 3.8) is 0 Å². The normalized spacial score (nSPS) is 13.3. The molecule has 0 saturated carbocycles. The molecule has 1 aliphatic rings. The number of hydrogen-bond acceptors (Lipinski definition) is 4. The second-order valence-electron chi connectivity index (χ2n) is 5.37. The fourth-order valence-corrected chi connectivity index (χ4v) is 2.62. The van der Waals surface area contributed by atoms with Crippen LogP contribution in [0.2, 0.25) is 0 Å². The van der Waals surface area contributed by atoms with Gasteiger partial charge in [-0.1, -0.05) is 17.9 Å². The van der Waals surface area contributed by atoms with Gasteiger partial charge < -0.3 is 24.9 Å². The van der Waals surface area contributed by atoms with Crippen LogP contribution in [0, 0.1) is 11.8 Å². The van der Waals surface area contributed by atoms with Gasteiger partial charge in [-0.2, -0.15) is 0 Å². The minimum Gasteiger partial charge on any atom is -0.550 e. The molecule has 2 aromatic rings. The minimum absolute atomic E-state index is 0. The molecule has 0 atom stereocenters. The van der Waals surface area contributed by atoms with Crippen molar-refractivity contribution in [1.29, 1.82) is 0 Å². The van der Waals surface area contributed by atoms with Gasteiger partial charge in [0, 0.05) is 29.7 Å². The Morgan fingerprint density at radius 2 is 2.15 bits per heavy atom. The third-order valence-corrected chi connectivity index (χ3v) is 3.75. The Hall–Kier alpha value is -2.46. The van der Waals surface area contributed by atoms with E-state index in [1.807, 2.05) is 0 Å². The van der Waals surface area contributed by atoms with Crippen molar-refractivity contribution < 1.29 is 49.0 Å². The van der Waals surface area contributed by atoms with Crippen LogP contribution in [0.25, 0.3) is 11.6 Å². The van der Waals surface area contributed by atoms with Crippen LogP contribution in [-0.4, -0.2) is 24.0 Å². The van der Waals surface area contributed by atoms with Crippen molar-refractivity contribution in [2.75, 3.05) is 12.4 Å². The maximum Gasteiger partial charge on any atom is 1.00 e. The number of carboxylic acid groups (broad SMARTS) is 1. The van der Waals surface area contributed by atoms with Gasteiger partial charge in [0.25, 0.3) is 5.91 Å². The third-order valence-electron chi connectivity index (χ3n) is 3.75. The molecule has 0 bridgehead atoms. The van der Waals surface area contributed by atoms with Crippen molar-refractivity contribution in [3.8, 4) is 17.6 Å². The molecule has 126 valence electrons. The predicted molar refractivity (Wildman–Crippen MR) is 91.4 cm³/mol. The molecular weight excluding hydrogens is 343 g/mol. The Kier molecular flexibility index (Phi) is 6.70. The van der Waals surface area contributed by atoms with E-state index in [9.17, 15) is 14.7 Å². The molecule has 1 amide bonds. The Balaban J connectivity index is 0.00000243. The molecule has 0 saturated heterocycles. The van der Waals surface area contributed by atoms with Gasteiger partial charge in [-0.15, -0.1) is 0 Å². The molecule has 1 aromatic heterocycles. The van der Waals surface area contributed by atoms with Gasteiger partial charge >= 0.3 is 29.6 Å². The van der Waals surface area contributed by atoms with Gasteiger partial charge in [-0.3, -0.25) is 4.79 Å². The van der Waals surface area contributed by atoms with E-state index in [4.69, 9.17) is 4.74 Å². The maximum atomic E-state index is 12.4. The second kappa shape index (κ2) is 8.77. The summed E-state index contributed by atoms with van der Waals surface area (Å²) >= 11 is 0. The molecule has 0 spiro atoms. The Morgan fingerprint density at radius 1 is 1.35 bits per heavy atom. The van der Waals surface area contributed by atoms with E-state index in [0.29, 0.717) is 33.8 Å². The van der Waals surface area contributed by atoms with Crippen LogP contribution in [0.15, 0.2) is 30.5 Å². The number of fused-ring (bicyclic) bond motifs is 1. The summed E-state index contributed by atoms with van der Waals surface area (Å²) in [6.07, 6.45) is 3.51.